The van der Waals surface area contributed by atoms with E-state index in [1.807, 2.05) is 55.5 Å². The molecule has 3 aromatic rings. The number of aromatic nitrogens is 2. The Labute approximate surface area is 162 Å². The molecule has 0 unspecified atom stereocenters. The second-order valence-electron chi connectivity index (χ2n) is 5.99. The summed E-state index contributed by atoms with van der Waals surface area (Å²) in [6.07, 6.45) is 3.15. The topological polar surface area (TPSA) is 96.9 Å². The molecular formula is C21H19N3O4. The number of nitriles is 1. The van der Waals surface area contributed by atoms with Gasteiger partial charge in [-0.05, 0) is 30.2 Å². The highest BCUT2D eigenvalue weighted by Crippen LogP contribution is 2.25. The van der Waals surface area contributed by atoms with E-state index in [0.29, 0.717) is 11.3 Å². The molecule has 7 nitrogen and oxygen atoms in total. The van der Waals surface area contributed by atoms with Crippen molar-refractivity contribution in [1.82, 2.24) is 9.38 Å². The molecule has 1 N–H and O–H groups in total. The molecule has 0 radical (unpaired) electrons. The first kappa shape index (κ1) is 19.1. The summed E-state index contributed by atoms with van der Waals surface area (Å²) in [6.45, 7) is 1.83. The number of hydrogen-bond donors (Lipinski definition) is 1. The first-order valence-corrected chi connectivity index (χ1v) is 8.68. The van der Waals surface area contributed by atoms with Gasteiger partial charge in [-0.3, -0.25) is 4.40 Å². The van der Waals surface area contributed by atoms with Crippen molar-refractivity contribution in [1.29, 1.82) is 5.26 Å². The molecule has 3 rings (SSSR count). The van der Waals surface area contributed by atoms with Crippen molar-refractivity contribution in [3.63, 3.8) is 0 Å². The van der Waals surface area contributed by atoms with Crippen LogP contribution in [0.5, 0.6) is 5.88 Å². The van der Waals surface area contributed by atoms with Crippen LogP contribution >= 0.6 is 0 Å². The number of pyridine rings is 1. The van der Waals surface area contributed by atoms with Crippen LogP contribution < -0.4 is 4.74 Å². The summed E-state index contributed by atoms with van der Waals surface area (Å²) in [5.74, 6) is -0.506. The Morgan fingerprint density at radius 1 is 1.29 bits per heavy atom. The molecule has 2 heterocycles. The van der Waals surface area contributed by atoms with Crippen LogP contribution in [0, 0.1) is 18.3 Å². The standard InChI is InChI=1S/C21H19N3O4/c1-15-6-5-9-24-18(20(23-19(15)24)27-11-10-25)12-17(13-22)21(26)28-14-16-7-3-2-4-8-16/h2-9,12,25H,10-11,14H2,1H3. The largest absolute Gasteiger partial charge is 0.474 e. The molecule has 2 aromatic heterocycles. The Morgan fingerprint density at radius 3 is 2.79 bits per heavy atom. The maximum atomic E-state index is 12.4. The van der Waals surface area contributed by atoms with Gasteiger partial charge in [0.15, 0.2) is 0 Å². The van der Waals surface area contributed by atoms with Crippen molar-refractivity contribution >= 4 is 17.7 Å². The van der Waals surface area contributed by atoms with E-state index < -0.39 is 5.97 Å². The van der Waals surface area contributed by atoms with Crippen LogP contribution in [0.4, 0.5) is 0 Å². The number of benzene rings is 1. The van der Waals surface area contributed by atoms with E-state index >= 15 is 0 Å². The van der Waals surface area contributed by atoms with Crippen molar-refractivity contribution in [3.8, 4) is 11.9 Å². The van der Waals surface area contributed by atoms with Crippen LogP contribution in [-0.2, 0) is 16.1 Å². The summed E-state index contributed by atoms with van der Waals surface area (Å²) >= 11 is 0. The predicted octanol–water partition coefficient (Wildman–Crippen LogP) is 2.66. The molecule has 0 spiro atoms. The zero-order valence-electron chi connectivity index (χ0n) is 15.3. The zero-order chi connectivity index (χ0) is 19.9. The van der Waals surface area contributed by atoms with Crippen LogP contribution in [-0.4, -0.2) is 33.7 Å². The van der Waals surface area contributed by atoms with E-state index in [1.165, 1.54) is 6.08 Å². The lowest BCUT2D eigenvalue weighted by atomic mass is 10.2. The Kier molecular flexibility index (Phi) is 6.04. The monoisotopic (exact) mass is 377 g/mol. The number of nitrogens with zero attached hydrogens (tertiary/aromatic N) is 3. The molecule has 0 atom stereocenters. The Morgan fingerprint density at radius 2 is 2.07 bits per heavy atom. The van der Waals surface area contributed by atoms with E-state index in [4.69, 9.17) is 14.6 Å². The van der Waals surface area contributed by atoms with Crippen molar-refractivity contribution in [2.24, 2.45) is 0 Å². The van der Waals surface area contributed by atoms with Gasteiger partial charge in [-0.2, -0.15) is 10.2 Å². The Hall–Kier alpha value is -3.63. The van der Waals surface area contributed by atoms with E-state index in [-0.39, 0.29) is 31.3 Å². The van der Waals surface area contributed by atoms with Gasteiger partial charge >= 0.3 is 5.97 Å². The second kappa shape index (κ2) is 8.84. The van der Waals surface area contributed by atoms with Crippen molar-refractivity contribution < 1.29 is 19.4 Å². The maximum absolute atomic E-state index is 12.4. The predicted molar refractivity (Wildman–Crippen MR) is 102 cm³/mol. The van der Waals surface area contributed by atoms with Gasteiger partial charge in [-0.25, -0.2) is 4.79 Å². The maximum Gasteiger partial charge on any atom is 0.349 e. The molecule has 0 amide bonds. The van der Waals surface area contributed by atoms with Crippen LogP contribution in [0.3, 0.4) is 0 Å². The third-order valence-electron chi connectivity index (χ3n) is 4.01. The fraction of sp³-hybridized carbons (Fsp3) is 0.190. The van der Waals surface area contributed by atoms with Crippen LogP contribution in [0.2, 0.25) is 0 Å². The van der Waals surface area contributed by atoms with E-state index in [9.17, 15) is 10.1 Å². The molecular weight excluding hydrogens is 358 g/mol. The summed E-state index contributed by atoms with van der Waals surface area (Å²) in [5.41, 5.74) is 2.62. The number of carbonyl (C=O) groups excluding carboxylic acids is 1. The smallest absolute Gasteiger partial charge is 0.349 e. The minimum absolute atomic E-state index is 0.0457. The lowest BCUT2D eigenvalue weighted by Crippen LogP contribution is -2.08. The number of aryl methyl sites for hydroxylation is 1. The molecule has 0 bridgehead atoms. The minimum atomic E-state index is -0.734. The van der Waals surface area contributed by atoms with Gasteiger partial charge in [0.1, 0.15) is 36.2 Å². The van der Waals surface area contributed by atoms with Gasteiger partial charge < -0.3 is 14.6 Å². The molecule has 0 fully saturated rings. The number of aliphatic hydroxyl groups is 1. The molecule has 7 heteroatoms. The number of ether oxygens (including phenoxy) is 2. The van der Waals surface area contributed by atoms with Crippen LogP contribution in [0.25, 0.3) is 11.7 Å². The van der Waals surface area contributed by atoms with Gasteiger partial charge in [0, 0.05) is 6.20 Å². The number of esters is 1. The summed E-state index contributed by atoms with van der Waals surface area (Å²) in [6, 6.07) is 14.8. The number of carbonyl (C=O) groups is 1. The molecule has 0 aliphatic rings. The number of rotatable bonds is 7. The number of imidazole rings is 1. The van der Waals surface area contributed by atoms with Gasteiger partial charge in [-0.1, -0.05) is 36.4 Å². The quantitative estimate of drug-likeness (QED) is 0.386. The number of aliphatic hydroxyl groups excluding tert-OH is 1. The highest BCUT2D eigenvalue weighted by Gasteiger charge is 2.18. The van der Waals surface area contributed by atoms with Gasteiger partial charge in [0.2, 0.25) is 5.88 Å². The highest BCUT2D eigenvalue weighted by atomic mass is 16.5. The molecule has 0 saturated carbocycles. The Bertz CT molecular complexity index is 1050. The van der Waals surface area contributed by atoms with Crippen molar-refractivity contribution in [2.45, 2.75) is 13.5 Å². The van der Waals surface area contributed by atoms with Gasteiger partial charge in [-0.15, -0.1) is 0 Å². The van der Waals surface area contributed by atoms with E-state index in [1.54, 1.807) is 10.6 Å². The van der Waals surface area contributed by atoms with Crippen LogP contribution in [0.15, 0.2) is 54.2 Å². The van der Waals surface area contributed by atoms with Crippen molar-refractivity contribution in [2.75, 3.05) is 13.2 Å². The summed E-state index contributed by atoms with van der Waals surface area (Å²) in [4.78, 5) is 16.8. The third-order valence-corrected chi connectivity index (χ3v) is 4.01. The van der Waals surface area contributed by atoms with E-state index in [2.05, 4.69) is 4.98 Å². The summed E-state index contributed by atoms with van der Waals surface area (Å²) < 4.78 is 12.5. The van der Waals surface area contributed by atoms with Crippen molar-refractivity contribution in [3.05, 3.63) is 71.1 Å². The average molecular weight is 377 g/mol. The molecule has 1 aromatic carbocycles. The molecule has 0 aliphatic carbocycles. The highest BCUT2D eigenvalue weighted by molar-refractivity contribution is 5.98. The molecule has 142 valence electrons. The number of fused-ring (bicyclic) bond motifs is 1. The van der Waals surface area contributed by atoms with Crippen LogP contribution in [0.1, 0.15) is 16.8 Å². The average Bonchev–Trinajstić information content (AvgIpc) is 3.08. The first-order valence-electron chi connectivity index (χ1n) is 8.68. The normalized spacial score (nSPS) is 11.2. The number of hydrogen-bond acceptors (Lipinski definition) is 6. The Balaban J connectivity index is 1.92. The zero-order valence-corrected chi connectivity index (χ0v) is 15.3. The lowest BCUT2D eigenvalue weighted by Gasteiger charge is -2.05. The lowest BCUT2D eigenvalue weighted by molar-refractivity contribution is -0.139. The molecule has 28 heavy (non-hydrogen) atoms. The second-order valence-corrected chi connectivity index (χ2v) is 5.99. The summed E-state index contributed by atoms with van der Waals surface area (Å²) in [7, 11) is 0. The van der Waals surface area contributed by atoms with E-state index in [0.717, 1.165) is 11.1 Å². The minimum Gasteiger partial charge on any atom is -0.474 e. The SMILES string of the molecule is Cc1cccn2c(C=C(C#N)C(=O)OCc3ccccc3)c(OCCO)nc12. The fourth-order valence-electron chi connectivity index (χ4n) is 2.66. The fourth-order valence-corrected chi connectivity index (χ4v) is 2.66. The summed E-state index contributed by atoms with van der Waals surface area (Å²) in [5, 5.41) is 18.5. The van der Waals surface area contributed by atoms with Gasteiger partial charge in [0.05, 0.1) is 6.61 Å². The first-order chi connectivity index (χ1) is 13.6. The molecule has 0 aliphatic heterocycles. The van der Waals surface area contributed by atoms with Gasteiger partial charge in [0.25, 0.3) is 0 Å². The third kappa shape index (κ3) is 4.19. The molecule has 0 saturated heterocycles.